The first-order chi connectivity index (χ1) is 13.6. The van der Waals surface area contributed by atoms with Crippen LogP contribution >= 0.6 is 0 Å². The fourth-order valence-corrected chi connectivity index (χ4v) is 4.59. The number of aromatic nitrogens is 1. The Bertz CT molecular complexity index is 739. The number of hydrogen-bond donors (Lipinski definition) is 3. The zero-order chi connectivity index (χ0) is 19.5. The summed E-state index contributed by atoms with van der Waals surface area (Å²) in [5.74, 6) is 1.37. The van der Waals surface area contributed by atoms with Crippen LogP contribution in [-0.4, -0.2) is 55.2 Å². The van der Waals surface area contributed by atoms with Crippen LogP contribution in [-0.2, 0) is 16.1 Å². The molecule has 0 aromatic carbocycles. The number of nitrogens with one attached hydrogen (secondary N) is 2. The van der Waals surface area contributed by atoms with E-state index in [1.165, 1.54) is 6.42 Å². The fraction of sp³-hybridized carbons (Fsp3) is 0.650. The number of ether oxygens (including phenoxy) is 1. The van der Waals surface area contributed by atoms with Gasteiger partial charge in [-0.3, -0.25) is 9.79 Å². The van der Waals surface area contributed by atoms with Crippen LogP contribution in [0.2, 0.25) is 0 Å². The number of aliphatic imine (C=N–C) groups is 1. The summed E-state index contributed by atoms with van der Waals surface area (Å²) in [4.78, 5) is 22.8. The molecule has 3 aliphatic heterocycles. The van der Waals surface area contributed by atoms with Gasteiger partial charge in [-0.05, 0) is 38.2 Å². The van der Waals surface area contributed by atoms with Crippen molar-refractivity contribution in [2.45, 2.75) is 56.9 Å². The largest absolute Gasteiger partial charge is 0.373 e. The summed E-state index contributed by atoms with van der Waals surface area (Å²) in [6.45, 7) is 2.14. The van der Waals surface area contributed by atoms with Crippen LogP contribution in [0.4, 0.5) is 5.82 Å². The lowest BCUT2D eigenvalue weighted by Crippen LogP contribution is -2.47. The first kappa shape index (κ1) is 19.0. The van der Waals surface area contributed by atoms with Crippen molar-refractivity contribution >= 4 is 17.7 Å². The molecular weight excluding hydrogens is 356 g/mol. The molecule has 1 aromatic rings. The predicted octanol–water partition coefficient (Wildman–Crippen LogP) is 0.768. The Morgan fingerprint density at radius 1 is 1.43 bits per heavy atom. The van der Waals surface area contributed by atoms with Crippen molar-refractivity contribution in [1.29, 1.82) is 0 Å². The van der Waals surface area contributed by atoms with Gasteiger partial charge in [0.1, 0.15) is 5.82 Å². The van der Waals surface area contributed by atoms with E-state index in [1.54, 1.807) is 13.2 Å². The van der Waals surface area contributed by atoms with Gasteiger partial charge in [-0.2, -0.15) is 0 Å². The van der Waals surface area contributed by atoms with Crippen LogP contribution in [0.3, 0.4) is 0 Å². The number of nitrogens with zero attached hydrogens (tertiary/aromatic N) is 3. The van der Waals surface area contributed by atoms with Crippen molar-refractivity contribution < 1.29 is 9.53 Å². The zero-order valence-corrected chi connectivity index (χ0v) is 16.4. The normalized spacial score (nSPS) is 29.8. The minimum atomic E-state index is -0.224. The summed E-state index contributed by atoms with van der Waals surface area (Å²) < 4.78 is 5.92. The summed E-state index contributed by atoms with van der Waals surface area (Å²) in [5, 5.41) is 6.92. The monoisotopic (exact) mass is 386 g/mol. The summed E-state index contributed by atoms with van der Waals surface area (Å²) >= 11 is 0. The molecule has 0 spiro atoms. The number of carbonyl (C=O) groups excluding carboxylic acids is 1. The molecule has 8 nitrogen and oxygen atoms in total. The number of hydrogen-bond acceptors (Lipinski definition) is 5. The van der Waals surface area contributed by atoms with Crippen LogP contribution in [0.25, 0.3) is 0 Å². The number of amides is 1. The molecule has 0 aliphatic carbocycles. The van der Waals surface area contributed by atoms with E-state index < -0.39 is 0 Å². The number of fused-ring (bicyclic) bond motifs is 2. The summed E-state index contributed by atoms with van der Waals surface area (Å²) in [5.41, 5.74) is 6.62. The van der Waals surface area contributed by atoms with Crippen molar-refractivity contribution in [2.75, 3.05) is 25.0 Å². The molecule has 3 saturated heterocycles. The van der Waals surface area contributed by atoms with E-state index >= 15 is 0 Å². The molecule has 4 atom stereocenters. The highest BCUT2D eigenvalue weighted by Crippen LogP contribution is 2.34. The summed E-state index contributed by atoms with van der Waals surface area (Å²) in [6, 6.07) is 4.34. The summed E-state index contributed by atoms with van der Waals surface area (Å²) in [7, 11) is 1.79. The molecule has 1 amide bonds. The Morgan fingerprint density at radius 3 is 3.04 bits per heavy atom. The van der Waals surface area contributed by atoms with Gasteiger partial charge in [0.15, 0.2) is 5.96 Å². The average Bonchev–Trinajstić information content (AvgIpc) is 3.34. The molecule has 3 aliphatic rings. The van der Waals surface area contributed by atoms with Gasteiger partial charge < -0.3 is 26.0 Å². The molecular formula is C20H30N6O2. The number of piperidine rings is 1. The second-order valence-corrected chi connectivity index (χ2v) is 7.96. The number of carbonyl (C=O) groups is 1. The SMILES string of the molecule is CN=C(NCc1cccnc1N1CCCC(C(N)=O)C1)NC1CC2CCC1O2. The van der Waals surface area contributed by atoms with Gasteiger partial charge in [-0.1, -0.05) is 6.07 Å². The van der Waals surface area contributed by atoms with E-state index in [1.807, 2.05) is 6.07 Å². The van der Waals surface area contributed by atoms with Crippen molar-refractivity contribution in [3.8, 4) is 0 Å². The lowest BCUT2D eigenvalue weighted by Gasteiger charge is -2.33. The molecule has 1 aromatic heterocycles. The number of pyridine rings is 1. The second-order valence-electron chi connectivity index (χ2n) is 7.96. The standard InChI is InChI=1S/C20H30N6O2/c1-22-20(25-16-10-15-6-7-17(16)28-15)24-11-13-4-2-8-23-19(13)26-9-3-5-14(12-26)18(21)27/h2,4,8,14-17H,3,5-7,9-12H2,1H3,(H2,21,27)(H2,22,24,25). The molecule has 2 bridgehead atoms. The molecule has 8 heteroatoms. The Labute approximate surface area is 165 Å². The smallest absolute Gasteiger partial charge is 0.222 e. The van der Waals surface area contributed by atoms with Crippen molar-refractivity contribution in [3.63, 3.8) is 0 Å². The van der Waals surface area contributed by atoms with E-state index in [9.17, 15) is 4.79 Å². The highest BCUT2D eigenvalue weighted by atomic mass is 16.5. The molecule has 152 valence electrons. The maximum absolute atomic E-state index is 11.6. The number of nitrogens with two attached hydrogens (primary N) is 1. The fourth-order valence-electron chi connectivity index (χ4n) is 4.59. The lowest BCUT2D eigenvalue weighted by atomic mass is 9.96. The van der Waals surface area contributed by atoms with E-state index in [4.69, 9.17) is 10.5 Å². The third-order valence-electron chi connectivity index (χ3n) is 6.09. The lowest BCUT2D eigenvalue weighted by molar-refractivity contribution is -0.122. The van der Waals surface area contributed by atoms with Gasteiger partial charge in [0, 0.05) is 38.4 Å². The topological polar surface area (TPSA) is 105 Å². The molecule has 28 heavy (non-hydrogen) atoms. The second kappa shape index (κ2) is 8.34. The van der Waals surface area contributed by atoms with Crippen LogP contribution in [0.15, 0.2) is 23.3 Å². The quantitative estimate of drug-likeness (QED) is 0.510. The van der Waals surface area contributed by atoms with Gasteiger partial charge >= 0.3 is 0 Å². The number of rotatable bonds is 5. The molecule has 0 radical (unpaired) electrons. The Hall–Kier alpha value is -2.35. The molecule has 4 heterocycles. The van der Waals surface area contributed by atoms with Gasteiger partial charge in [0.2, 0.25) is 5.91 Å². The molecule has 4 unspecified atom stereocenters. The summed E-state index contributed by atoms with van der Waals surface area (Å²) in [6.07, 6.45) is 7.66. The van der Waals surface area contributed by atoms with Crippen LogP contribution < -0.4 is 21.3 Å². The molecule has 4 N–H and O–H groups in total. The van der Waals surface area contributed by atoms with E-state index in [2.05, 4.69) is 31.6 Å². The minimum absolute atomic E-state index is 0.108. The maximum Gasteiger partial charge on any atom is 0.222 e. The van der Waals surface area contributed by atoms with E-state index in [0.29, 0.717) is 31.3 Å². The van der Waals surface area contributed by atoms with Crippen molar-refractivity contribution in [3.05, 3.63) is 23.9 Å². The van der Waals surface area contributed by atoms with Gasteiger partial charge in [0.05, 0.1) is 24.2 Å². The predicted molar refractivity (Wildman–Crippen MR) is 108 cm³/mol. The van der Waals surface area contributed by atoms with Crippen molar-refractivity contribution in [2.24, 2.45) is 16.6 Å². The Kier molecular flexibility index (Phi) is 5.66. The van der Waals surface area contributed by atoms with Gasteiger partial charge in [-0.15, -0.1) is 0 Å². The maximum atomic E-state index is 11.6. The minimum Gasteiger partial charge on any atom is -0.373 e. The average molecular weight is 387 g/mol. The number of primary amides is 1. The van der Waals surface area contributed by atoms with Crippen molar-refractivity contribution in [1.82, 2.24) is 15.6 Å². The highest BCUT2D eigenvalue weighted by molar-refractivity contribution is 5.80. The Morgan fingerprint density at radius 2 is 2.32 bits per heavy atom. The van der Waals surface area contributed by atoms with Crippen LogP contribution in [0.5, 0.6) is 0 Å². The molecule has 4 rings (SSSR count). The van der Waals surface area contributed by atoms with Crippen LogP contribution in [0.1, 0.15) is 37.7 Å². The van der Waals surface area contributed by atoms with Gasteiger partial charge in [-0.25, -0.2) is 4.98 Å². The highest BCUT2D eigenvalue weighted by Gasteiger charge is 2.41. The first-order valence-corrected chi connectivity index (χ1v) is 10.2. The third-order valence-corrected chi connectivity index (χ3v) is 6.09. The zero-order valence-electron chi connectivity index (χ0n) is 16.4. The molecule has 3 fully saturated rings. The number of anilines is 1. The Balaban J connectivity index is 1.38. The van der Waals surface area contributed by atoms with E-state index in [-0.39, 0.29) is 11.8 Å². The third kappa shape index (κ3) is 4.06. The number of guanidine groups is 1. The van der Waals surface area contributed by atoms with E-state index in [0.717, 1.165) is 49.6 Å². The molecule has 0 saturated carbocycles. The van der Waals surface area contributed by atoms with Crippen LogP contribution in [0, 0.1) is 5.92 Å². The van der Waals surface area contributed by atoms with Gasteiger partial charge in [0.25, 0.3) is 0 Å². The first-order valence-electron chi connectivity index (χ1n) is 10.2.